The standard InChI is InChI=1S/C9H11N5S/c10-8-2-4-14(13-8)5-6-15-9-1-3-11-7-12-9/h1-4,7H,5-6H2,(H2,10,13). The Morgan fingerprint density at radius 3 is 3.00 bits per heavy atom. The zero-order valence-corrected chi connectivity index (χ0v) is 8.89. The number of aryl methyl sites for hydroxylation is 1. The predicted molar refractivity (Wildman–Crippen MR) is 59.4 cm³/mol. The molecule has 78 valence electrons. The van der Waals surface area contributed by atoms with Crippen molar-refractivity contribution in [2.75, 3.05) is 11.5 Å². The molecule has 2 aromatic heterocycles. The van der Waals surface area contributed by atoms with Gasteiger partial charge in [-0.15, -0.1) is 11.8 Å². The van der Waals surface area contributed by atoms with Crippen LogP contribution in [-0.4, -0.2) is 25.5 Å². The molecular weight excluding hydrogens is 210 g/mol. The lowest BCUT2D eigenvalue weighted by atomic mass is 10.7. The lowest BCUT2D eigenvalue weighted by Crippen LogP contribution is -2.01. The number of rotatable bonds is 4. The maximum absolute atomic E-state index is 5.50. The van der Waals surface area contributed by atoms with Gasteiger partial charge < -0.3 is 5.73 Å². The van der Waals surface area contributed by atoms with Crippen LogP contribution in [-0.2, 0) is 6.54 Å². The van der Waals surface area contributed by atoms with Gasteiger partial charge in [-0.1, -0.05) is 0 Å². The Morgan fingerprint density at radius 2 is 2.33 bits per heavy atom. The van der Waals surface area contributed by atoms with E-state index in [0.29, 0.717) is 5.82 Å². The van der Waals surface area contributed by atoms with E-state index in [1.54, 1.807) is 30.4 Å². The van der Waals surface area contributed by atoms with E-state index in [1.807, 2.05) is 16.9 Å². The van der Waals surface area contributed by atoms with Gasteiger partial charge in [-0.2, -0.15) is 5.10 Å². The number of hydrogen-bond donors (Lipinski definition) is 1. The van der Waals surface area contributed by atoms with Gasteiger partial charge in [0.2, 0.25) is 0 Å². The normalized spacial score (nSPS) is 10.4. The topological polar surface area (TPSA) is 69.6 Å². The van der Waals surface area contributed by atoms with E-state index < -0.39 is 0 Å². The van der Waals surface area contributed by atoms with Crippen LogP contribution in [0.25, 0.3) is 0 Å². The van der Waals surface area contributed by atoms with Gasteiger partial charge in [-0.3, -0.25) is 4.68 Å². The lowest BCUT2D eigenvalue weighted by Gasteiger charge is -2.00. The van der Waals surface area contributed by atoms with E-state index in [2.05, 4.69) is 15.1 Å². The average molecular weight is 221 g/mol. The van der Waals surface area contributed by atoms with Crippen LogP contribution in [0.3, 0.4) is 0 Å². The summed E-state index contributed by atoms with van der Waals surface area (Å²) in [6.07, 6.45) is 5.16. The number of anilines is 1. The second kappa shape index (κ2) is 4.79. The smallest absolute Gasteiger partial charge is 0.145 e. The Bertz CT molecular complexity index is 413. The molecule has 0 aliphatic rings. The summed E-state index contributed by atoms with van der Waals surface area (Å²) in [7, 11) is 0. The third kappa shape index (κ3) is 2.95. The van der Waals surface area contributed by atoms with E-state index in [9.17, 15) is 0 Å². The summed E-state index contributed by atoms with van der Waals surface area (Å²) in [5, 5.41) is 5.07. The van der Waals surface area contributed by atoms with Gasteiger partial charge in [0.15, 0.2) is 0 Å². The Kier molecular flexibility index (Phi) is 3.18. The fourth-order valence-electron chi connectivity index (χ4n) is 1.11. The summed E-state index contributed by atoms with van der Waals surface area (Å²) >= 11 is 1.67. The van der Waals surface area contributed by atoms with Gasteiger partial charge in [-0.25, -0.2) is 9.97 Å². The molecule has 5 nitrogen and oxygen atoms in total. The Balaban J connectivity index is 1.80. The molecule has 0 saturated carbocycles. The molecule has 2 aromatic rings. The molecule has 15 heavy (non-hydrogen) atoms. The van der Waals surface area contributed by atoms with E-state index in [1.165, 1.54) is 0 Å². The van der Waals surface area contributed by atoms with Gasteiger partial charge in [0, 0.05) is 18.1 Å². The van der Waals surface area contributed by atoms with Gasteiger partial charge in [0.05, 0.1) is 11.6 Å². The van der Waals surface area contributed by atoms with Crippen LogP contribution < -0.4 is 5.73 Å². The maximum atomic E-state index is 5.50. The Morgan fingerprint density at radius 1 is 1.40 bits per heavy atom. The highest BCUT2D eigenvalue weighted by molar-refractivity contribution is 7.99. The predicted octanol–water partition coefficient (Wildman–Crippen LogP) is 1.05. The van der Waals surface area contributed by atoms with E-state index in [-0.39, 0.29) is 0 Å². The van der Waals surface area contributed by atoms with Crippen molar-refractivity contribution in [3.8, 4) is 0 Å². The van der Waals surface area contributed by atoms with E-state index in [0.717, 1.165) is 17.3 Å². The van der Waals surface area contributed by atoms with Crippen molar-refractivity contribution in [3.63, 3.8) is 0 Å². The molecule has 0 aliphatic carbocycles. The molecule has 0 unspecified atom stereocenters. The number of nitrogens with zero attached hydrogens (tertiary/aromatic N) is 4. The highest BCUT2D eigenvalue weighted by Gasteiger charge is 1.97. The van der Waals surface area contributed by atoms with Crippen LogP contribution in [0.5, 0.6) is 0 Å². The minimum Gasteiger partial charge on any atom is -0.382 e. The molecule has 0 amide bonds. The first-order valence-corrected chi connectivity index (χ1v) is 5.51. The zero-order valence-electron chi connectivity index (χ0n) is 8.08. The number of aromatic nitrogens is 4. The van der Waals surface area contributed by atoms with Crippen LogP contribution in [0, 0.1) is 0 Å². The summed E-state index contributed by atoms with van der Waals surface area (Å²) in [5.74, 6) is 1.47. The van der Waals surface area contributed by atoms with Crippen LogP contribution in [0.2, 0.25) is 0 Å². The van der Waals surface area contributed by atoms with Gasteiger partial charge in [-0.05, 0) is 12.1 Å². The molecule has 0 aromatic carbocycles. The minimum absolute atomic E-state index is 0.557. The summed E-state index contributed by atoms with van der Waals surface area (Å²) in [5.41, 5.74) is 5.50. The van der Waals surface area contributed by atoms with Gasteiger partial charge in [0.25, 0.3) is 0 Å². The van der Waals surface area contributed by atoms with Gasteiger partial charge in [0.1, 0.15) is 12.1 Å². The summed E-state index contributed by atoms with van der Waals surface area (Å²) in [6.45, 7) is 0.825. The van der Waals surface area contributed by atoms with Gasteiger partial charge >= 0.3 is 0 Å². The Labute approximate surface area is 91.7 Å². The molecule has 0 bridgehead atoms. The van der Waals surface area contributed by atoms with Crippen molar-refractivity contribution in [1.82, 2.24) is 19.7 Å². The summed E-state index contributed by atoms with van der Waals surface area (Å²) in [6, 6.07) is 3.68. The minimum atomic E-state index is 0.557. The molecule has 0 saturated heterocycles. The molecule has 2 heterocycles. The van der Waals surface area contributed by atoms with Crippen LogP contribution in [0.4, 0.5) is 5.82 Å². The average Bonchev–Trinajstić information content (AvgIpc) is 2.66. The maximum Gasteiger partial charge on any atom is 0.145 e. The van der Waals surface area contributed by atoms with Crippen molar-refractivity contribution in [3.05, 3.63) is 30.9 Å². The SMILES string of the molecule is Nc1ccn(CCSc2ccncn2)n1. The number of nitrogen functional groups attached to an aromatic ring is 1. The summed E-state index contributed by atoms with van der Waals surface area (Å²) in [4.78, 5) is 7.97. The largest absolute Gasteiger partial charge is 0.382 e. The second-order valence-electron chi connectivity index (χ2n) is 2.90. The first-order chi connectivity index (χ1) is 7.34. The zero-order chi connectivity index (χ0) is 10.5. The highest BCUT2D eigenvalue weighted by atomic mass is 32.2. The van der Waals surface area contributed by atoms with Crippen molar-refractivity contribution in [2.45, 2.75) is 11.6 Å². The molecule has 0 radical (unpaired) electrons. The highest BCUT2D eigenvalue weighted by Crippen LogP contribution is 2.13. The third-order valence-electron chi connectivity index (χ3n) is 1.79. The fourth-order valence-corrected chi connectivity index (χ4v) is 1.88. The third-order valence-corrected chi connectivity index (χ3v) is 2.71. The molecular formula is C9H11N5S. The number of hydrogen-bond acceptors (Lipinski definition) is 5. The molecule has 6 heteroatoms. The molecule has 0 fully saturated rings. The number of nitrogens with two attached hydrogens (primary N) is 1. The van der Waals surface area contributed by atoms with Crippen LogP contribution in [0.1, 0.15) is 0 Å². The van der Waals surface area contributed by atoms with E-state index in [4.69, 9.17) is 5.73 Å². The lowest BCUT2D eigenvalue weighted by molar-refractivity contribution is 0.669. The first kappa shape index (κ1) is 9.97. The number of thioether (sulfide) groups is 1. The quantitative estimate of drug-likeness (QED) is 0.617. The van der Waals surface area contributed by atoms with E-state index >= 15 is 0 Å². The molecule has 2 N–H and O–H groups in total. The van der Waals surface area contributed by atoms with Crippen molar-refractivity contribution >= 4 is 17.6 Å². The summed E-state index contributed by atoms with van der Waals surface area (Å²) < 4.78 is 1.82. The monoisotopic (exact) mass is 221 g/mol. The van der Waals surface area contributed by atoms with Crippen molar-refractivity contribution < 1.29 is 0 Å². The Hall–Kier alpha value is -1.56. The first-order valence-electron chi connectivity index (χ1n) is 4.52. The fraction of sp³-hybridized carbons (Fsp3) is 0.222. The molecule has 0 spiro atoms. The molecule has 0 aliphatic heterocycles. The second-order valence-corrected chi connectivity index (χ2v) is 4.01. The molecule has 0 atom stereocenters. The van der Waals surface area contributed by atoms with Crippen LogP contribution in [0.15, 0.2) is 35.9 Å². The molecule has 2 rings (SSSR count). The van der Waals surface area contributed by atoms with Crippen molar-refractivity contribution in [2.24, 2.45) is 0 Å². The van der Waals surface area contributed by atoms with Crippen molar-refractivity contribution in [1.29, 1.82) is 0 Å². The van der Waals surface area contributed by atoms with Crippen LogP contribution >= 0.6 is 11.8 Å².